The standard InChI is InChI=1S/C31H36N2O6/c1-27(2)26-22(35)15-23-30(38-26,39-27)9-8-28(3)29(4)18(14-24(31(23,28)36)37-11-5-10-34)13-20-19-12-17(16-32)6-7-21(19)33-25(20)29/h6-7,12,15,18,24,26,33-34,36H,5,8-11,13-14H2,1-4H3/t18-,24+,26+,28-,29-,30+,31+/m1/s1. The molecule has 39 heavy (non-hydrogen) atoms. The number of carbonyl (C=O) groups is 1. The lowest BCUT2D eigenvalue weighted by molar-refractivity contribution is -0.280. The number of aliphatic hydroxyl groups excluding tert-OH is 1. The fraction of sp³-hybridized carbons (Fsp3) is 0.613. The fourth-order valence-corrected chi connectivity index (χ4v) is 8.99. The Hall–Kier alpha value is -2.54. The van der Waals surface area contributed by atoms with Gasteiger partial charge in [-0.25, -0.2) is 0 Å². The summed E-state index contributed by atoms with van der Waals surface area (Å²) in [6, 6.07) is 8.00. The van der Waals surface area contributed by atoms with Gasteiger partial charge in [0.25, 0.3) is 0 Å². The zero-order valence-corrected chi connectivity index (χ0v) is 23.0. The molecule has 5 aliphatic rings. The number of ketones is 1. The van der Waals surface area contributed by atoms with Crippen molar-refractivity contribution in [2.45, 2.75) is 94.4 Å². The van der Waals surface area contributed by atoms with Gasteiger partial charge in [-0.15, -0.1) is 0 Å². The van der Waals surface area contributed by atoms with Crippen LogP contribution in [0.1, 0.15) is 70.2 Å². The number of hydrogen-bond donors (Lipinski definition) is 3. The Labute approximate surface area is 227 Å². The molecule has 0 amide bonds. The largest absolute Gasteiger partial charge is 0.396 e. The molecule has 3 N–H and O–H groups in total. The van der Waals surface area contributed by atoms with Gasteiger partial charge in [-0.2, -0.15) is 5.26 Å². The molecule has 2 saturated carbocycles. The van der Waals surface area contributed by atoms with Gasteiger partial charge in [-0.3, -0.25) is 4.79 Å². The molecule has 7 rings (SSSR count). The lowest BCUT2D eigenvalue weighted by Crippen LogP contribution is -2.74. The number of nitriles is 1. The molecule has 2 aromatic rings. The summed E-state index contributed by atoms with van der Waals surface area (Å²) < 4.78 is 19.4. The van der Waals surface area contributed by atoms with Crippen LogP contribution in [-0.2, 0) is 30.8 Å². The Morgan fingerprint density at radius 1 is 1.23 bits per heavy atom. The summed E-state index contributed by atoms with van der Waals surface area (Å²) in [6.45, 7) is 8.41. The van der Waals surface area contributed by atoms with Crippen molar-refractivity contribution in [3.05, 3.63) is 46.7 Å². The Bertz CT molecular complexity index is 1490. The molecule has 3 heterocycles. The van der Waals surface area contributed by atoms with Crippen molar-refractivity contribution < 1.29 is 29.2 Å². The number of aliphatic hydroxyl groups is 2. The number of carbonyl (C=O) groups excluding carboxylic acids is 1. The van der Waals surface area contributed by atoms with Crippen LogP contribution in [0.3, 0.4) is 0 Å². The van der Waals surface area contributed by atoms with Gasteiger partial charge in [-0.1, -0.05) is 13.8 Å². The van der Waals surface area contributed by atoms with Crippen LogP contribution in [0.15, 0.2) is 29.8 Å². The van der Waals surface area contributed by atoms with E-state index in [4.69, 9.17) is 14.2 Å². The maximum Gasteiger partial charge on any atom is 0.195 e. The fourth-order valence-electron chi connectivity index (χ4n) is 8.99. The molecule has 8 heteroatoms. The highest BCUT2D eigenvalue weighted by molar-refractivity contribution is 5.97. The van der Waals surface area contributed by atoms with E-state index < -0.39 is 40.0 Å². The average Bonchev–Trinajstić information content (AvgIpc) is 3.48. The van der Waals surface area contributed by atoms with Crippen molar-refractivity contribution in [2.24, 2.45) is 11.3 Å². The summed E-state index contributed by atoms with van der Waals surface area (Å²) in [5, 5.41) is 33.2. The van der Waals surface area contributed by atoms with Gasteiger partial charge in [-0.05, 0) is 75.3 Å². The molecule has 2 aliphatic heterocycles. The number of hydrogen-bond acceptors (Lipinski definition) is 7. The van der Waals surface area contributed by atoms with Gasteiger partial charge in [0.15, 0.2) is 17.7 Å². The van der Waals surface area contributed by atoms with E-state index in [1.165, 1.54) is 5.56 Å². The van der Waals surface area contributed by atoms with Crippen LogP contribution in [0, 0.1) is 22.7 Å². The number of nitrogens with one attached hydrogen (secondary N) is 1. The summed E-state index contributed by atoms with van der Waals surface area (Å²) in [6.07, 6.45) is 3.22. The van der Waals surface area contributed by atoms with E-state index in [1.807, 2.05) is 32.0 Å². The van der Waals surface area contributed by atoms with Crippen LogP contribution in [-0.4, -0.2) is 63.4 Å². The second-order valence-corrected chi connectivity index (χ2v) is 13.1. The maximum absolute atomic E-state index is 13.4. The summed E-state index contributed by atoms with van der Waals surface area (Å²) >= 11 is 0. The van der Waals surface area contributed by atoms with Crippen LogP contribution >= 0.6 is 0 Å². The minimum Gasteiger partial charge on any atom is -0.396 e. The van der Waals surface area contributed by atoms with Gasteiger partial charge < -0.3 is 29.4 Å². The summed E-state index contributed by atoms with van der Waals surface area (Å²) in [4.78, 5) is 17.1. The molecule has 3 aliphatic carbocycles. The minimum absolute atomic E-state index is 0.00540. The smallest absolute Gasteiger partial charge is 0.195 e. The van der Waals surface area contributed by atoms with E-state index in [0.717, 1.165) is 23.0 Å². The summed E-state index contributed by atoms with van der Waals surface area (Å²) in [5.74, 6) is -1.20. The first-order chi connectivity index (χ1) is 18.4. The molecule has 2 bridgehead atoms. The van der Waals surface area contributed by atoms with E-state index in [9.17, 15) is 20.3 Å². The number of aromatic amines is 1. The van der Waals surface area contributed by atoms with E-state index in [2.05, 4.69) is 24.9 Å². The molecule has 7 atom stereocenters. The number of H-pyrrole nitrogens is 1. The van der Waals surface area contributed by atoms with Crippen molar-refractivity contribution in [2.75, 3.05) is 13.2 Å². The molecule has 206 valence electrons. The Kier molecular flexibility index (Phi) is 5.09. The summed E-state index contributed by atoms with van der Waals surface area (Å²) in [5.41, 5.74) is 0.787. The van der Waals surface area contributed by atoms with Gasteiger partial charge in [0.1, 0.15) is 11.2 Å². The summed E-state index contributed by atoms with van der Waals surface area (Å²) in [7, 11) is 0. The molecular weight excluding hydrogens is 496 g/mol. The highest BCUT2D eigenvalue weighted by Gasteiger charge is 2.78. The topological polar surface area (TPSA) is 125 Å². The SMILES string of the molecule is CC1(C)O[C@@]23CC[C@]4(C)[C@@]5(C)c6[nH]c7ccc(C#N)cc7c6C[C@@H]5C[C@H](OCCCO)[C@@]4(O)C2=CC(=O)[C@@H]1O3. The highest BCUT2D eigenvalue weighted by atomic mass is 16.8. The predicted octanol–water partition coefficient (Wildman–Crippen LogP) is 3.57. The number of nitrogens with zero attached hydrogens (tertiary/aromatic N) is 1. The lowest BCUT2D eigenvalue weighted by Gasteiger charge is -2.67. The molecule has 8 nitrogen and oxygen atoms in total. The zero-order valence-electron chi connectivity index (χ0n) is 23.0. The predicted molar refractivity (Wildman–Crippen MR) is 142 cm³/mol. The molecule has 1 spiro atoms. The maximum atomic E-state index is 13.4. The highest BCUT2D eigenvalue weighted by Crippen LogP contribution is 2.72. The minimum atomic E-state index is -1.55. The number of benzene rings is 1. The van der Waals surface area contributed by atoms with Crippen LogP contribution in [0.25, 0.3) is 10.9 Å². The number of ether oxygens (including phenoxy) is 3. The van der Waals surface area contributed by atoms with E-state index in [0.29, 0.717) is 43.4 Å². The van der Waals surface area contributed by atoms with Crippen molar-refractivity contribution >= 4 is 16.7 Å². The molecular formula is C31H36N2O6. The van der Waals surface area contributed by atoms with Crippen LogP contribution in [0.5, 0.6) is 0 Å². The third kappa shape index (κ3) is 2.88. The van der Waals surface area contributed by atoms with E-state index in [-0.39, 0.29) is 18.3 Å². The first kappa shape index (κ1) is 25.4. The number of fused-ring (bicyclic) bond motifs is 9. The monoisotopic (exact) mass is 532 g/mol. The van der Waals surface area contributed by atoms with Crippen molar-refractivity contribution in [3.63, 3.8) is 0 Å². The van der Waals surface area contributed by atoms with Crippen molar-refractivity contribution in [1.82, 2.24) is 4.98 Å². The number of aromatic nitrogens is 1. The second-order valence-electron chi connectivity index (χ2n) is 13.1. The lowest BCUT2D eigenvalue weighted by atomic mass is 9.41. The van der Waals surface area contributed by atoms with E-state index in [1.54, 1.807) is 6.08 Å². The second kappa shape index (κ2) is 7.80. The van der Waals surface area contributed by atoms with E-state index >= 15 is 0 Å². The number of rotatable bonds is 4. The molecule has 0 radical (unpaired) electrons. The van der Waals surface area contributed by atoms with Gasteiger partial charge in [0.2, 0.25) is 0 Å². The van der Waals surface area contributed by atoms with Crippen molar-refractivity contribution in [1.29, 1.82) is 5.26 Å². The zero-order chi connectivity index (χ0) is 27.6. The quantitative estimate of drug-likeness (QED) is 0.514. The van der Waals surface area contributed by atoms with Crippen LogP contribution in [0.4, 0.5) is 0 Å². The molecule has 1 aromatic carbocycles. The van der Waals surface area contributed by atoms with Gasteiger partial charge in [0, 0.05) is 52.6 Å². The molecule has 1 aromatic heterocycles. The van der Waals surface area contributed by atoms with Crippen LogP contribution < -0.4 is 0 Å². The average molecular weight is 533 g/mol. The van der Waals surface area contributed by atoms with Crippen LogP contribution in [0.2, 0.25) is 0 Å². The molecule has 1 saturated heterocycles. The Morgan fingerprint density at radius 2 is 2.03 bits per heavy atom. The molecule has 3 fully saturated rings. The first-order valence-electron chi connectivity index (χ1n) is 14.1. The third-order valence-corrected chi connectivity index (χ3v) is 11.1. The van der Waals surface area contributed by atoms with Crippen molar-refractivity contribution in [3.8, 4) is 6.07 Å². The Morgan fingerprint density at radius 3 is 2.77 bits per heavy atom. The van der Waals surface area contributed by atoms with Gasteiger partial charge >= 0.3 is 0 Å². The van der Waals surface area contributed by atoms with Gasteiger partial charge in [0.05, 0.1) is 17.7 Å². The molecule has 0 unspecified atom stereocenters. The first-order valence-corrected chi connectivity index (χ1v) is 14.1. The normalized spacial score (nSPS) is 41.4. The Balaban J connectivity index is 1.43. The third-order valence-electron chi connectivity index (χ3n) is 11.1.